The second-order valence-electron chi connectivity index (χ2n) is 3.88. The van der Waals surface area contributed by atoms with E-state index in [1.165, 1.54) is 0 Å². The van der Waals surface area contributed by atoms with E-state index in [9.17, 15) is 4.79 Å². The first-order valence-corrected chi connectivity index (χ1v) is 6.24. The van der Waals surface area contributed by atoms with E-state index in [0.29, 0.717) is 24.4 Å². The standard InChI is InChI=1S/C13H14ClN3O/c14-9-10-2-1-3-11(8-10)13(18)17-5-4-12-15-6-7-16-12/h1-3,6-8H,4-5,9H2,(H,15,16)(H,17,18). The van der Waals surface area contributed by atoms with Gasteiger partial charge in [0.05, 0.1) is 0 Å². The van der Waals surface area contributed by atoms with Crippen molar-refractivity contribution in [3.8, 4) is 0 Å². The largest absolute Gasteiger partial charge is 0.352 e. The number of carbonyl (C=O) groups is 1. The molecular formula is C13H14ClN3O. The Morgan fingerprint density at radius 1 is 1.44 bits per heavy atom. The van der Waals surface area contributed by atoms with E-state index in [1.807, 2.05) is 12.1 Å². The maximum absolute atomic E-state index is 11.9. The van der Waals surface area contributed by atoms with Crippen molar-refractivity contribution in [1.82, 2.24) is 15.3 Å². The molecule has 2 aromatic rings. The van der Waals surface area contributed by atoms with Gasteiger partial charge < -0.3 is 10.3 Å². The summed E-state index contributed by atoms with van der Waals surface area (Å²) in [4.78, 5) is 18.9. The molecule has 94 valence electrons. The molecule has 0 atom stereocenters. The molecule has 1 heterocycles. The van der Waals surface area contributed by atoms with Crippen LogP contribution in [-0.2, 0) is 12.3 Å². The van der Waals surface area contributed by atoms with Crippen LogP contribution in [0.2, 0.25) is 0 Å². The van der Waals surface area contributed by atoms with Gasteiger partial charge in [0.25, 0.3) is 5.91 Å². The van der Waals surface area contributed by atoms with Gasteiger partial charge in [-0.05, 0) is 17.7 Å². The van der Waals surface area contributed by atoms with Crippen molar-refractivity contribution in [3.05, 3.63) is 53.6 Å². The fourth-order valence-corrected chi connectivity index (χ4v) is 1.79. The number of nitrogens with zero attached hydrogens (tertiary/aromatic N) is 1. The lowest BCUT2D eigenvalue weighted by atomic mass is 10.1. The second kappa shape index (κ2) is 6.21. The highest BCUT2D eigenvalue weighted by atomic mass is 35.5. The number of halogens is 1. The molecule has 0 spiro atoms. The summed E-state index contributed by atoms with van der Waals surface area (Å²) >= 11 is 5.73. The highest BCUT2D eigenvalue weighted by Crippen LogP contribution is 2.07. The quantitative estimate of drug-likeness (QED) is 0.812. The van der Waals surface area contributed by atoms with Gasteiger partial charge in [-0.2, -0.15) is 0 Å². The summed E-state index contributed by atoms with van der Waals surface area (Å²) in [5.41, 5.74) is 1.57. The average Bonchev–Trinajstić information content (AvgIpc) is 2.92. The van der Waals surface area contributed by atoms with Crippen LogP contribution in [0.4, 0.5) is 0 Å². The predicted molar refractivity (Wildman–Crippen MR) is 70.6 cm³/mol. The van der Waals surface area contributed by atoms with Gasteiger partial charge >= 0.3 is 0 Å². The molecule has 1 aromatic carbocycles. The van der Waals surface area contributed by atoms with Crippen molar-refractivity contribution >= 4 is 17.5 Å². The van der Waals surface area contributed by atoms with Crippen LogP contribution in [0, 0.1) is 0 Å². The fraction of sp³-hybridized carbons (Fsp3) is 0.231. The van der Waals surface area contributed by atoms with Crippen LogP contribution in [-0.4, -0.2) is 22.4 Å². The summed E-state index contributed by atoms with van der Waals surface area (Å²) in [6.45, 7) is 0.553. The lowest BCUT2D eigenvalue weighted by molar-refractivity contribution is 0.0954. The third-order valence-electron chi connectivity index (χ3n) is 2.55. The SMILES string of the molecule is O=C(NCCc1ncc[nH]1)c1cccc(CCl)c1. The van der Waals surface area contributed by atoms with Crippen LogP contribution >= 0.6 is 11.6 Å². The third kappa shape index (κ3) is 3.34. The molecule has 0 bridgehead atoms. The number of alkyl halides is 1. The Morgan fingerprint density at radius 2 is 2.33 bits per heavy atom. The third-order valence-corrected chi connectivity index (χ3v) is 2.85. The molecule has 2 rings (SSSR count). The van der Waals surface area contributed by atoms with Crippen LogP contribution in [0.25, 0.3) is 0 Å². The zero-order valence-electron chi connectivity index (χ0n) is 9.82. The zero-order chi connectivity index (χ0) is 12.8. The maximum atomic E-state index is 11.9. The Labute approximate surface area is 110 Å². The molecule has 0 saturated carbocycles. The molecule has 0 aliphatic rings. The normalized spacial score (nSPS) is 10.3. The molecule has 2 N–H and O–H groups in total. The summed E-state index contributed by atoms with van der Waals surface area (Å²) in [6, 6.07) is 7.30. The topological polar surface area (TPSA) is 57.8 Å². The van der Waals surface area contributed by atoms with Crippen LogP contribution in [0.5, 0.6) is 0 Å². The van der Waals surface area contributed by atoms with Crippen molar-refractivity contribution in [1.29, 1.82) is 0 Å². The number of hydrogen-bond acceptors (Lipinski definition) is 2. The Bertz CT molecular complexity index is 511. The van der Waals surface area contributed by atoms with E-state index in [2.05, 4.69) is 15.3 Å². The number of imidazole rings is 1. The van der Waals surface area contributed by atoms with Gasteiger partial charge in [0, 0.05) is 36.8 Å². The van der Waals surface area contributed by atoms with Crippen molar-refractivity contribution < 1.29 is 4.79 Å². The first kappa shape index (κ1) is 12.6. The highest BCUT2D eigenvalue weighted by Gasteiger charge is 2.05. The molecule has 0 saturated heterocycles. The van der Waals surface area contributed by atoms with Gasteiger partial charge in [-0.3, -0.25) is 4.79 Å². The molecule has 0 fully saturated rings. The summed E-state index contributed by atoms with van der Waals surface area (Å²) < 4.78 is 0. The van der Waals surface area contributed by atoms with Crippen LogP contribution in [0.15, 0.2) is 36.7 Å². The van der Waals surface area contributed by atoms with Gasteiger partial charge in [-0.1, -0.05) is 12.1 Å². The minimum Gasteiger partial charge on any atom is -0.352 e. The Morgan fingerprint density at radius 3 is 3.06 bits per heavy atom. The van der Waals surface area contributed by atoms with E-state index >= 15 is 0 Å². The molecule has 0 aliphatic carbocycles. The average molecular weight is 264 g/mol. The zero-order valence-corrected chi connectivity index (χ0v) is 10.6. The van der Waals surface area contributed by atoms with Crippen molar-refractivity contribution in [2.24, 2.45) is 0 Å². The van der Waals surface area contributed by atoms with Gasteiger partial charge in [-0.15, -0.1) is 11.6 Å². The minimum absolute atomic E-state index is 0.0893. The molecule has 0 aliphatic heterocycles. The molecule has 18 heavy (non-hydrogen) atoms. The molecule has 1 aromatic heterocycles. The number of hydrogen-bond donors (Lipinski definition) is 2. The number of carbonyl (C=O) groups excluding carboxylic acids is 1. The Hall–Kier alpha value is -1.81. The highest BCUT2D eigenvalue weighted by molar-refractivity contribution is 6.17. The van der Waals surface area contributed by atoms with E-state index < -0.39 is 0 Å². The van der Waals surface area contributed by atoms with Gasteiger partial charge in [0.1, 0.15) is 5.82 Å². The fourth-order valence-electron chi connectivity index (χ4n) is 1.63. The number of nitrogens with one attached hydrogen (secondary N) is 2. The second-order valence-corrected chi connectivity index (χ2v) is 4.14. The number of benzene rings is 1. The van der Waals surface area contributed by atoms with E-state index in [0.717, 1.165) is 11.4 Å². The van der Waals surface area contributed by atoms with Gasteiger partial charge in [0.2, 0.25) is 0 Å². The Balaban J connectivity index is 1.87. The smallest absolute Gasteiger partial charge is 0.251 e. The number of rotatable bonds is 5. The van der Waals surface area contributed by atoms with Gasteiger partial charge in [-0.25, -0.2) is 4.98 Å². The molecule has 0 unspecified atom stereocenters. The molecule has 4 nitrogen and oxygen atoms in total. The van der Waals surface area contributed by atoms with E-state index in [4.69, 9.17) is 11.6 Å². The monoisotopic (exact) mass is 263 g/mol. The molecule has 0 radical (unpaired) electrons. The van der Waals surface area contributed by atoms with Crippen molar-refractivity contribution in [3.63, 3.8) is 0 Å². The van der Waals surface area contributed by atoms with Crippen LogP contribution in [0.1, 0.15) is 21.7 Å². The van der Waals surface area contributed by atoms with Crippen molar-refractivity contribution in [2.75, 3.05) is 6.54 Å². The maximum Gasteiger partial charge on any atom is 0.251 e. The summed E-state index contributed by atoms with van der Waals surface area (Å²) in [5.74, 6) is 1.19. The first-order valence-electron chi connectivity index (χ1n) is 5.71. The summed E-state index contributed by atoms with van der Waals surface area (Å²) in [5, 5.41) is 2.85. The van der Waals surface area contributed by atoms with Gasteiger partial charge in [0.15, 0.2) is 0 Å². The first-order chi connectivity index (χ1) is 8.79. The Kier molecular flexibility index (Phi) is 4.36. The molecule has 5 heteroatoms. The number of H-pyrrole nitrogens is 1. The van der Waals surface area contributed by atoms with Crippen LogP contribution < -0.4 is 5.32 Å². The molecule has 1 amide bonds. The molecular weight excluding hydrogens is 250 g/mol. The summed E-state index contributed by atoms with van der Waals surface area (Å²) in [6.07, 6.45) is 4.15. The van der Waals surface area contributed by atoms with E-state index in [-0.39, 0.29) is 5.91 Å². The van der Waals surface area contributed by atoms with Crippen molar-refractivity contribution in [2.45, 2.75) is 12.3 Å². The number of amides is 1. The lowest BCUT2D eigenvalue weighted by Gasteiger charge is -2.05. The van der Waals surface area contributed by atoms with Crippen LogP contribution in [0.3, 0.4) is 0 Å². The van der Waals surface area contributed by atoms with E-state index in [1.54, 1.807) is 24.5 Å². The minimum atomic E-state index is -0.0893. The predicted octanol–water partition coefficient (Wildman–Crippen LogP) is 2.12. The number of aromatic amines is 1. The summed E-state index contributed by atoms with van der Waals surface area (Å²) in [7, 11) is 0. The number of aromatic nitrogens is 2. The lowest BCUT2D eigenvalue weighted by Crippen LogP contribution is -2.26.